The molecule has 21 heavy (non-hydrogen) atoms. The van der Waals surface area contributed by atoms with E-state index in [2.05, 4.69) is 11.1 Å². The molecule has 1 N–H and O–H groups in total. The highest BCUT2D eigenvalue weighted by Crippen LogP contribution is 2.39. The van der Waals surface area contributed by atoms with E-state index < -0.39 is 0 Å². The average Bonchev–Trinajstić information content (AvgIpc) is 3.28. The first-order valence-electron chi connectivity index (χ1n) is 7.27. The molecule has 1 aromatic carbocycles. The number of hydrogen-bond donors (Lipinski definition) is 1. The number of methoxy groups -OCH3 is 1. The van der Waals surface area contributed by atoms with Crippen molar-refractivity contribution in [1.29, 1.82) is 0 Å². The summed E-state index contributed by atoms with van der Waals surface area (Å²) in [6.07, 6.45) is 2.23. The van der Waals surface area contributed by atoms with Crippen molar-refractivity contribution in [2.75, 3.05) is 7.11 Å². The third-order valence-electron chi connectivity index (χ3n) is 4.13. The molecule has 0 unspecified atom stereocenters. The van der Waals surface area contributed by atoms with Crippen LogP contribution in [0.2, 0.25) is 0 Å². The number of ether oxygens (including phenoxy) is 1. The Kier molecular flexibility index (Phi) is 3.32. The number of aromatic nitrogens is 2. The lowest BCUT2D eigenvalue weighted by molar-refractivity contribution is 0.411. The quantitative estimate of drug-likeness (QED) is 0.941. The van der Waals surface area contributed by atoms with Gasteiger partial charge in [-0.05, 0) is 56.9 Å². The molecule has 110 valence electrons. The molecule has 1 aromatic heterocycles. The number of nitrogens with one attached hydrogen (secondary N) is 1. The zero-order valence-corrected chi connectivity index (χ0v) is 12.9. The largest absolute Gasteiger partial charge is 0.496 e. The Morgan fingerprint density at radius 1 is 1.19 bits per heavy atom. The topological polar surface area (TPSA) is 55.0 Å². The minimum absolute atomic E-state index is 0.0326. The lowest BCUT2D eigenvalue weighted by Crippen LogP contribution is -2.16. The van der Waals surface area contributed by atoms with Gasteiger partial charge in [0.25, 0.3) is 5.56 Å². The number of rotatable bonds is 3. The highest BCUT2D eigenvalue weighted by atomic mass is 16.5. The predicted molar refractivity (Wildman–Crippen MR) is 83.0 cm³/mol. The molecule has 0 atom stereocenters. The van der Waals surface area contributed by atoms with Gasteiger partial charge in [-0.25, -0.2) is 4.98 Å². The van der Waals surface area contributed by atoms with Crippen LogP contribution in [0, 0.1) is 20.8 Å². The normalized spacial score (nSPS) is 14.3. The molecule has 1 fully saturated rings. The van der Waals surface area contributed by atoms with Gasteiger partial charge in [0.1, 0.15) is 11.6 Å². The molecular weight excluding hydrogens is 264 g/mol. The molecule has 0 radical (unpaired) electrons. The first kappa shape index (κ1) is 13.9. The van der Waals surface area contributed by atoms with Crippen LogP contribution in [0.4, 0.5) is 0 Å². The van der Waals surface area contributed by atoms with E-state index in [1.807, 2.05) is 26.8 Å². The van der Waals surface area contributed by atoms with E-state index in [4.69, 9.17) is 9.72 Å². The second-order valence-electron chi connectivity index (χ2n) is 5.84. The van der Waals surface area contributed by atoms with Crippen LogP contribution < -0.4 is 10.3 Å². The summed E-state index contributed by atoms with van der Waals surface area (Å²) < 4.78 is 5.35. The molecule has 1 aliphatic rings. The van der Waals surface area contributed by atoms with Gasteiger partial charge in [-0.1, -0.05) is 0 Å². The molecule has 4 heteroatoms. The van der Waals surface area contributed by atoms with Gasteiger partial charge in [-0.15, -0.1) is 0 Å². The Labute approximate surface area is 124 Å². The molecule has 1 saturated carbocycles. The molecular formula is C17H20N2O2. The molecule has 0 amide bonds. The molecule has 0 bridgehead atoms. The van der Waals surface area contributed by atoms with Crippen LogP contribution in [-0.2, 0) is 0 Å². The van der Waals surface area contributed by atoms with Crippen LogP contribution in [0.25, 0.3) is 11.3 Å². The van der Waals surface area contributed by atoms with Crippen molar-refractivity contribution < 1.29 is 4.74 Å². The number of benzene rings is 1. The van der Waals surface area contributed by atoms with E-state index in [1.165, 1.54) is 0 Å². The Morgan fingerprint density at radius 2 is 1.90 bits per heavy atom. The summed E-state index contributed by atoms with van der Waals surface area (Å²) in [4.78, 5) is 19.8. The fourth-order valence-electron chi connectivity index (χ4n) is 2.63. The second kappa shape index (κ2) is 5.02. The minimum atomic E-state index is -0.0326. The van der Waals surface area contributed by atoms with Crippen molar-refractivity contribution in [2.45, 2.75) is 39.5 Å². The monoisotopic (exact) mass is 284 g/mol. The van der Waals surface area contributed by atoms with Crippen molar-refractivity contribution in [3.63, 3.8) is 0 Å². The molecule has 1 heterocycles. The molecule has 3 rings (SSSR count). The van der Waals surface area contributed by atoms with Gasteiger partial charge in [0.15, 0.2) is 0 Å². The first-order chi connectivity index (χ1) is 10.0. The molecule has 1 aliphatic carbocycles. The van der Waals surface area contributed by atoms with E-state index in [0.29, 0.717) is 11.5 Å². The maximum Gasteiger partial charge on any atom is 0.254 e. The average molecular weight is 284 g/mol. The Hall–Kier alpha value is -2.10. The summed E-state index contributed by atoms with van der Waals surface area (Å²) in [6, 6.07) is 4.06. The van der Waals surface area contributed by atoms with E-state index in [1.54, 1.807) is 7.11 Å². The molecule has 0 aliphatic heterocycles. The van der Waals surface area contributed by atoms with E-state index in [-0.39, 0.29) is 5.56 Å². The lowest BCUT2D eigenvalue weighted by Gasteiger charge is -2.13. The summed E-state index contributed by atoms with van der Waals surface area (Å²) in [6.45, 7) is 5.86. The Morgan fingerprint density at radius 3 is 2.52 bits per heavy atom. The zero-order valence-electron chi connectivity index (χ0n) is 12.9. The van der Waals surface area contributed by atoms with Gasteiger partial charge in [-0.3, -0.25) is 4.79 Å². The Bertz CT molecular complexity index is 758. The van der Waals surface area contributed by atoms with E-state index in [9.17, 15) is 4.79 Å². The fourth-order valence-corrected chi connectivity index (χ4v) is 2.63. The molecule has 2 aromatic rings. The van der Waals surface area contributed by atoms with Crippen LogP contribution in [0.15, 0.2) is 16.9 Å². The molecule has 4 nitrogen and oxygen atoms in total. The smallest absolute Gasteiger partial charge is 0.254 e. The van der Waals surface area contributed by atoms with Crippen LogP contribution in [0.5, 0.6) is 5.75 Å². The van der Waals surface area contributed by atoms with Crippen molar-refractivity contribution in [1.82, 2.24) is 9.97 Å². The second-order valence-corrected chi connectivity index (χ2v) is 5.84. The van der Waals surface area contributed by atoms with Crippen molar-refractivity contribution >= 4 is 0 Å². The number of nitrogens with zero attached hydrogens (tertiary/aromatic N) is 1. The summed E-state index contributed by atoms with van der Waals surface area (Å²) in [5.41, 5.74) is 4.57. The number of aryl methyl sites for hydroxylation is 2. The highest BCUT2D eigenvalue weighted by molar-refractivity contribution is 5.68. The molecule has 0 saturated heterocycles. The van der Waals surface area contributed by atoms with Crippen LogP contribution >= 0.6 is 0 Å². The van der Waals surface area contributed by atoms with Crippen LogP contribution in [0.1, 0.15) is 41.3 Å². The van der Waals surface area contributed by atoms with E-state index >= 15 is 0 Å². The van der Waals surface area contributed by atoms with Gasteiger partial charge in [0.2, 0.25) is 0 Å². The minimum Gasteiger partial charge on any atom is -0.496 e. The van der Waals surface area contributed by atoms with Crippen LogP contribution in [0.3, 0.4) is 0 Å². The van der Waals surface area contributed by atoms with Gasteiger partial charge in [0, 0.05) is 17.0 Å². The van der Waals surface area contributed by atoms with Crippen molar-refractivity contribution in [2.24, 2.45) is 0 Å². The SMILES string of the molecule is COc1cc(C)c(-c2nc(C3CC3)[nH]c(=O)c2C)cc1C. The van der Waals surface area contributed by atoms with Gasteiger partial charge < -0.3 is 9.72 Å². The number of hydrogen-bond acceptors (Lipinski definition) is 3. The molecule has 0 spiro atoms. The van der Waals surface area contributed by atoms with Gasteiger partial charge in [0.05, 0.1) is 12.8 Å². The summed E-state index contributed by atoms with van der Waals surface area (Å²) in [5, 5.41) is 0. The van der Waals surface area contributed by atoms with Crippen molar-refractivity contribution in [3.8, 4) is 17.0 Å². The van der Waals surface area contributed by atoms with E-state index in [0.717, 1.165) is 46.8 Å². The Balaban J connectivity index is 2.20. The van der Waals surface area contributed by atoms with Gasteiger partial charge >= 0.3 is 0 Å². The van der Waals surface area contributed by atoms with Crippen molar-refractivity contribution in [3.05, 3.63) is 45.0 Å². The number of H-pyrrole nitrogens is 1. The zero-order chi connectivity index (χ0) is 15.1. The maximum absolute atomic E-state index is 12.2. The summed E-state index contributed by atoms with van der Waals surface area (Å²) in [5.74, 6) is 2.12. The predicted octanol–water partition coefficient (Wildman–Crippen LogP) is 3.25. The number of aromatic amines is 1. The third kappa shape index (κ3) is 2.46. The fraction of sp³-hybridized carbons (Fsp3) is 0.412. The highest BCUT2D eigenvalue weighted by Gasteiger charge is 2.27. The third-order valence-corrected chi connectivity index (χ3v) is 4.13. The van der Waals surface area contributed by atoms with Crippen LogP contribution in [-0.4, -0.2) is 17.1 Å². The maximum atomic E-state index is 12.2. The summed E-state index contributed by atoms with van der Waals surface area (Å²) >= 11 is 0. The standard InChI is InChI=1S/C17H20N2O2/c1-9-8-14(21-4)10(2)7-13(9)15-11(3)17(20)19-16(18-15)12-5-6-12/h7-8,12H,5-6H2,1-4H3,(H,18,19,20). The van der Waals surface area contributed by atoms with Gasteiger partial charge in [-0.2, -0.15) is 0 Å². The lowest BCUT2D eigenvalue weighted by atomic mass is 9.99. The summed E-state index contributed by atoms with van der Waals surface area (Å²) in [7, 11) is 1.67. The first-order valence-corrected chi connectivity index (χ1v) is 7.27.